The van der Waals surface area contributed by atoms with Gasteiger partial charge < -0.3 is 14.2 Å². The van der Waals surface area contributed by atoms with E-state index >= 15 is 0 Å². The molecule has 6 nitrogen and oxygen atoms in total. The van der Waals surface area contributed by atoms with Crippen LogP contribution in [0.25, 0.3) is 0 Å². The largest absolute Gasteiger partial charge is 0.469 e. The molecule has 20 heavy (non-hydrogen) atoms. The highest BCUT2D eigenvalue weighted by Gasteiger charge is 2.42. The van der Waals surface area contributed by atoms with E-state index in [0.717, 1.165) is 14.2 Å². The molecule has 0 saturated carbocycles. The van der Waals surface area contributed by atoms with E-state index in [2.05, 4.69) is 14.2 Å². The molecular weight excluding hydrogens is 264 g/mol. The molecule has 1 atom stereocenters. The number of benzene rings is 1. The lowest BCUT2D eigenvalue weighted by atomic mass is 9.86. The predicted molar refractivity (Wildman–Crippen MR) is 68.7 cm³/mol. The Bertz CT molecular complexity index is 466. The SMILES string of the molecule is COC(=O)C(C(=O)OC)[C@H](C(=O)OC)c1ccccc1. The van der Waals surface area contributed by atoms with Crippen molar-refractivity contribution >= 4 is 17.9 Å². The highest BCUT2D eigenvalue weighted by Crippen LogP contribution is 2.28. The van der Waals surface area contributed by atoms with Crippen LogP contribution >= 0.6 is 0 Å². The van der Waals surface area contributed by atoms with Crippen LogP contribution < -0.4 is 0 Å². The summed E-state index contributed by atoms with van der Waals surface area (Å²) in [5.41, 5.74) is 0.472. The van der Waals surface area contributed by atoms with Crippen molar-refractivity contribution in [2.24, 2.45) is 5.92 Å². The van der Waals surface area contributed by atoms with Gasteiger partial charge in [-0.05, 0) is 5.56 Å². The van der Waals surface area contributed by atoms with E-state index in [9.17, 15) is 14.4 Å². The van der Waals surface area contributed by atoms with Gasteiger partial charge in [-0.2, -0.15) is 0 Å². The standard InChI is InChI=1S/C14H16O6/c1-18-12(15)10(9-7-5-4-6-8-9)11(13(16)19-2)14(17)20-3/h4-8,10-11H,1-3H3/t10-/m1/s1. The van der Waals surface area contributed by atoms with Crippen LogP contribution in [0.4, 0.5) is 0 Å². The second-order valence-electron chi connectivity index (χ2n) is 3.94. The summed E-state index contributed by atoms with van der Waals surface area (Å²) in [6, 6.07) is 8.39. The molecule has 0 radical (unpaired) electrons. The summed E-state index contributed by atoms with van der Waals surface area (Å²) in [6.45, 7) is 0. The van der Waals surface area contributed by atoms with Gasteiger partial charge in [-0.1, -0.05) is 30.3 Å². The lowest BCUT2D eigenvalue weighted by Crippen LogP contribution is -2.36. The summed E-state index contributed by atoms with van der Waals surface area (Å²) in [7, 11) is 3.46. The number of hydrogen-bond donors (Lipinski definition) is 0. The van der Waals surface area contributed by atoms with Crippen molar-refractivity contribution in [3.63, 3.8) is 0 Å². The number of esters is 3. The van der Waals surface area contributed by atoms with E-state index in [4.69, 9.17) is 0 Å². The van der Waals surface area contributed by atoms with Crippen LogP contribution in [0, 0.1) is 5.92 Å². The fourth-order valence-corrected chi connectivity index (χ4v) is 1.87. The summed E-state index contributed by atoms with van der Waals surface area (Å²) in [5.74, 6) is -4.93. The quantitative estimate of drug-likeness (QED) is 0.453. The Morgan fingerprint density at radius 2 is 1.25 bits per heavy atom. The molecule has 6 heteroatoms. The van der Waals surface area contributed by atoms with Gasteiger partial charge in [-0.25, -0.2) is 0 Å². The second kappa shape index (κ2) is 7.28. The third-order valence-corrected chi connectivity index (χ3v) is 2.86. The zero-order valence-electron chi connectivity index (χ0n) is 11.5. The van der Waals surface area contributed by atoms with Crippen molar-refractivity contribution in [1.29, 1.82) is 0 Å². The predicted octanol–water partition coefficient (Wildman–Crippen LogP) is 0.905. The molecule has 0 unspecified atom stereocenters. The molecular formula is C14H16O6. The molecule has 0 aliphatic rings. The number of carbonyl (C=O) groups is 3. The van der Waals surface area contributed by atoms with Gasteiger partial charge in [-0.15, -0.1) is 0 Å². The lowest BCUT2D eigenvalue weighted by Gasteiger charge is -2.21. The van der Waals surface area contributed by atoms with Crippen molar-refractivity contribution in [3.8, 4) is 0 Å². The first-order valence-corrected chi connectivity index (χ1v) is 5.85. The fourth-order valence-electron chi connectivity index (χ4n) is 1.87. The zero-order valence-corrected chi connectivity index (χ0v) is 11.5. The molecule has 108 valence electrons. The molecule has 0 aromatic heterocycles. The van der Waals surface area contributed by atoms with Crippen molar-refractivity contribution in [3.05, 3.63) is 35.9 Å². The minimum Gasteiger partial charge on any atom is -0.469 e. The minimum absolute atomic E-state index is 0.472. The Morgan fingerprint density at radius 3 is 1.65 bits per heavy atom. The first kappa shape index (κ1) is 15.7. The van der Waals surface area contributed by atoms with Gasteiger partial charge in [0.2, 0.25) is 0 Å². The highest BCUT2D eigenvalue weighted by molar-refractivity contribution is 6.01. The van der Waals surface area contributed by atoms with Gasteiger partial charge in [-0.3, -0.25) is 14.4 Å². The van der Waals surface area contributed by atoms with Crippen molar-refractivity contribution in [2.75, 3.05) is 21.3 Å². The summed E-state index contributed by atoms with van der Waals surface area (Å²) in [5, 5.41) is 0. The van der Waals surface area contributed by atoms with Crippen molar-refractivity contribution < 1.29 is 28.6 Å². The summed E-state index contributed by atoms with van der Waals surface area (Å²) in [6.07, 6.45) is 0. The Kier molecular flexibility index (Phi) is 5.71. The van der Waals surface area contributed by atoms with Gasteiger partial charge in [0.05, 0.1) is 21.3 Å². The first-order chi connectivity index (χ1) is 9.56. The molecule has 0 spiro atoms. The molecule has 0 aliphatic carbocycles. The van der Waals surface area contributed by atoms with Crippen molar-refractivity contribution in [2.45, 2.75) is 5.92 Å². The number of hydrogen-bond acceptors (Lipinski definition) is 6. The van der Waals surface area contributed by atoms with Gasteiger partial charge >= 0.3 is 17.9 Å². The van der Waals surface area contributed by atoms with Crippen LogP contribution in [-0.4, -0.2) is 39.2 Å². The van der Waals surface area contributed by atoms with Gasteiger partial charge in [0.25, 0.3) is 0 Å². The Morgan fingerprint density at radius 1 is 0.800 bits per heavy atom. The van der Waals surface area contributed by atoms with E-state index in [0.29, 0.717) is 5.56 Å². The van der Waals surface area contributed by atoms with Crippen LogP contribution in [0.1, 0.15) is 11.5 Å². The molecule has 1 rings (SSSR count). The first-order valence-electron chi connectivity index (χ1n) is 5.85. The molecule has 0 fully saturated rings. The third-order valence-electron chi connectivity index (χ3n) is 2.86. The topological polar surface area (TPSA) is 78.9 Å². The molecule has 0 N–H and O–H groups in total. The molecule has 1 aromatic rings. The highest BCUT2D eigenvalue weighted by atomic mass is 16.5. The number of rotatable bonds is 5. The summed E-state index contributed by atoms with van der Waals surface area (Å²) < 4.78 is 13.9. The molecule has 0 aliphatic heterocycles. The normalized spacial score (nSPS) is 11.6. The second-order valence-corrected chi connectivity index (χ2v) is 3.94. The van der Waals surface area contributed by atoms with E-state index in [1.165, 1.54) is 7.11 Å². The van der Waals surface area contributed by atoms with Gasteiger partial charge in [0.15, 0.2) is 5.92 Å². The molecule has 0 amide bonds. The van der Waals surface area contributed by atoms with Crippen molar-refractivity contribution in [1.82, 2.24) is 0 Å². The third kappa shape index (κ3) is 3.34. The zero-order chi connectivity index (χ0) is 15.1. The van der Waals surface area contributed by atoms with Crippen LogP contribution in [0.15, 0.2) is 30.3 Å². The minimum atomic E-state index is -1.40. The average molecular weight is 280 g/mol. The number of methoxy groups -OCH3 is 3. The summed E-state index contributed by atoms with van der Waals surface area (Å²) >= 11 is 0. The maximum atomic E-state index is 12.0. The van der Waals surface area contributed by atoms with Gasteiger partial charge in [0, 0.05) is 0 Å². The molecule has 1 aromatic carbocycles. The van der Waals surface area contributed by atoms with Crippen LogP contribution in [0.3, 0.4) is 0 Å². The van der Waals surface area contributed by atoms with Crippen LogP contribution in [0.2, 0.25) is 0 Å². The van der Waals surface area contributed by atoms with Crippen LogP contribution in [-0.2, 0) is 28.6 Å². The fraction of sp³-hybridized carbons (Fsp3) is 0.357. The van der Waals surface area contributed by atoms with E-state index in [-0.39, 0.29) is 0 Å². The monoisotopic (exact) mass is 280 g/mol. The maximum absolute atomic E-state index is 12.0. The molecule has 0 bridgehead atoms. The molecule has 0 heterocycles. The van der Waals surface area contributed by atoms with E-state index in [1.54, 1.807) is 30.3 Å². The average Bonchev–Trinajstić information content (AvgIpc) is 2.51. The Labute approximate surface area is 116 Å². The maximum Gasteiger partial charge on any atom is 0.321 e. The Hall–Kier alpha value is -2.37. The van der Waals surface area contributed by atoms with Gasteiger partial charge in [0.1, 0.15) is 5.92 Å². The van der Waals surface area contributed by atoms with E-state index in [1.807, 2.05) is 0 Å². The number of carbonyl (C=O) groups excluding carboxylic acids is 3. The summed E-state index contributed by atoms with van der Waals surface area (Å²) in [4.78, 5) is 35.6. The number of ether oxygens (including phenoxy) is 3. The lowest BCUT2D eigenvalue weighted by molar-refractivity contribution is -0.165. The smallest absolute Gasteiger partial charge is 0.321 e. The van der Waals surface area contributed by atoms with Crippen LogP contribution in [0.5, 0.6) is 0 Å². The molecule has 0 saturated heterocycles. The Balaban J connectivity index is 3.29. The van der Waals surface area contributed by atoms with E-state index < -0.39 is 29.7 Å².